The average Bonchev–Trinajstić information content (AvgIpc) is 3.18. The molecule has 18 heavy (non-hydrogen) atoms. The molecule has 0 heterocycles. The molecule has 3 heteroatoms. The Kier molecular flexibility index (Phi) is 5.26. The summed E-state index contributed by atoms with van der Waals surface area (Å²) in [5.41, 5.74) is 1.30. The predicted octanol–water partition coefficient (Wildman–Crippen LogP) is 4.05. The van der Waals surface area contributed by atoms with Gasteiger partial charge in [-0.2, -0.15) is 0 Å². The van der Waals surface area contributed by atoms with Crippen molar-refractivity contribution in [1.82, 2.24) is 5.32 Å². The molecule has 1 N–H and O–H groups in total. The molecule has 0 unspecified atom stereocenters. The molecule has 1 saturated carbocycles. The van der Waals surface area contributed by atoms with E-state index in [9.17, 15) is 0 Å². The Morgan fingerprint density at radius 1 is 1.44 bits per heavy atom. The maximum absolute atomic E-state index is 5.72. The second-order valence-electron chi connectivity index (χ2n) is 4.70. The van der Waals surface area contributed by atoms with Crippen LogP contribution in [-0.2, 0) is 6.54 Å². The van der Waals surface area contributed by atoms with Crippen LogP contribution >= 0.6 is 15.9 Å². The van der Waals surface area contributed by atoms with Crippen molar-refractivity contribution in [3.63, 3.8) is 0 Å². The van der Waals surface area contributed by atoms with E-state index in [1.807, 2.05) is 12.1 Å². The zero-order valence-electron chi connectivity index (χ0n) is 10.6. The summed E-state index contributed by atoms with van der Waals surface area (Å²) in [5, 5.41) is 3.51. The molecule has 1 fully saturated rings. The summed E-state index contributed by atoms with van der Waals surface area (Å²) in [6.45, 7) is 5.39. The lowest BCUT2D eigenvalue weighted by atomic mass is 10.2. The van der Waals surface area contributed by atoms with E-state index in [1.165, 1.54) is 18.4 Å². The highest BCUT2D eigenvalue weighted by molar-refractivity contribution is 9.10. The van der Waals surface area contributed by atoms with Gasteiger partial charge in [-0.1, -0.05) is 12.1 Å². The maximum Gasteiger partial charge on any atom is 0.133 e. The average molecular weight is 310 g/mol. The van der Waals surface area contributed by atoms with Crippen LogP contribution in [0.25, 0.3) is 0 Å². The van der Waals surface area contributed by atoms with Crippen molar-refractivity contribution in [3.05, 3.63) is 40.9 Å². The summed E-state index contributed by atoms with van der Waals surface area (Å²) in [5.74, 6) is 0.925. The molecule has 1 aliphatic carbocycles. The third kappa shape index (κ3) is 4.46. The van der Waals surface area contributed by atoms with Gasteiger partial charge in [-0.3, -0.25) is 0 Å². The number of rotatable bonds is 8. The molecule has 0 radical (unpaired) electrons. The molecule has 0 spiro atoms. The Hall–Kier alpha value is -0.800. The second kappa shape index (κ2) is 6.95. The van der Waals surface area contributed by atoms with E-state index in [0.717, 1.165) is 42.3 Å². The zero-order chi connectivity index (χ0) is 12.8. The van der Waals surface area contributed by atoms with Crippen LogP contribution in [0, 0.1) is 0 Å². The van der Waals surface area contributed by atoms with Crippen LogP contribution in [0.3, 0.4) is 0 Å². The number of halogens is 1. The molecule has 0 amide bonds. The van der Waals surface area contributed by atoms with Gasteiger partial charge >= 0.3 is 0 Å². The third-order valence-corrected chi connectivity index (χ3v) is 3.60. The molecule has 0 bridgehead atoms. The lowest BCUT2D eigenvalue weighted by molar-refractivity contribution is 0.310. The number of hydrogen-bond donors (Lipinski definition) is 1. The van der Waals surface area contributed by atoms with Gasteiger partial charge in [0.2, 0.25) is 0 Å². The second-order valence-corrected chi connectivity index (χ2v) is 5.55. The van der Waals surface area contributed by atoms with Crippen molar-refractivity contribution in [3.8, 4) is 5.75 Å². The van der Waals surface area contributed by atoms with Crippen LogP contribution in [0.4, 0.5) is 0 Å². The molecule has 1 aromatic carbocycles. The highest BCUT2D eigenvalue weighted by atomic mass is 79.9. The van der Waals surface area contributed by atoms with Gasteiger partial charge in [0.15, 0.2) is 0 Å². The van der Waals surface area contributed by atoms with Gasteiger partial charge in [0.1, 0.15) is 5.75 Å². The van der Waals surface area contributed by atoms with Gasteiger partial charge in [0.05, 0.1) is 11.1 Å². The number of hydrogen-bond acceptors (Lipinski definition) is 2. The Balaban J connectivity index is 1.81. The molecule has 98 valence electrons. The Labute approximate surface area is 118 Å². The minimum absolute atomic E-state index is 0.740. The van der Waals surface area contributed by atoms with Crippen LogP contribution in [0.1, 0.15) is 31.2 Å². The summed E-state index contributed by atoms with van der Waals surface area (Å²) in [6.07, 6.45) is 6.59. The minimum Gasteiger partial charge on any atom is -0.492 e. The highest BCUT2D eigenvalue weighted by Crippen LogP contribution is 2.27. The van der Waals surface area contributed by atoms with E-state index in [0.29, 0.717) is 0 Å². The van der Waals surface area contributed by atoms with Gasteiger partial charge in [0, 0.05) is 12.6 Å². The summed E-state index contributed by atoms with van der Waals surface area (Å²) in [7, 11) is 0. The van der Waals surface area contributed by atoms with Gasteiger partial charge in [0.25, 0.3) is 0 Å². The van der Waals surface area contributed by atoms with Crippen LogP contribution in [-0.4, -0.2) is 12.6 Å². The molecule has 2 nitrogen and oxygen atoms in total. The maximum atomic E-state index is 5.72. The van der Waals surface area contributed by atoms with Crippen LogP contribution < -0.4 is 10.1 Å². The van der Waals surface area contributed by atoms with E-state index in [1.54, 1.807) is 0 Å². The molecule has 1 aliphatic rings. The summed E-state index contributed by atoms with van der Waals surface area (Å²) < 4.78 is 6.75. The predicted molar refractivity (Wildman–Crippen MR) is 78.9 cm³/mol. The first-order valence-electron chi connectivity index (χ1n) is 6.55. The third-order valence-electron chi connectivity index (χ3n) is 2.98. The fourth-order valence-corrected chi connectivity index (χ4v) is 2.27. The topological polar surface area (TPSA) is 21.3 Å². The van der Waals surface area contributed by atoms with Gasteiger partial charge in [-0.25, -0.2) is 0 Å². The summed E-state index contributed by atoms with van der Waals surface area (Å²) >= 11 is 3.57. The van der Waals surface area contributed by atoms with Crippen molar-refractivity contribution in [1.29, 1.82) is 0 Å². The zero-order valence-corrected chi connectivity index (χ0v) is 12.2. The Morgan fingerprint density at radius 2 is 2.28 bits per heavy atom. The van der Waals surface area contributed by atoms with Crippen molar-refractivity contribution in [2.75, 3.05) is 6.61 Å². The smallest absolute Gasteiger partial charge is 0.133 e. The van der Waals surface area contributed by atoms with Crippen molar-refractivity contribution in [2.45, 2.75) is 38.3 Å². The molecule has 2 rings (SSSR count). The highest BCUT2D eigenvalue weighted by Gasteiger charge is 2.19. The van der Waals surface area contributed by atoms with E-state index in [2.05, 4.69) is 40.0 Å². The number of nitrogens with one attached hydrogen (secondary N) is 1. The van der Waals surface area contributed by atoms with Crippen LogP contribution in [0.15, 0.2) is 35.3 Å². The van der Waals surface area contributed by atoms with Gasteiger partial charge in [-0.15, -0.1) is 6.58 Å². The lowest BCUT2D eigenvalue weighted by Crippen LogP contribution is -2.15. The van der Waals surface area contributed by atoms with Gasteiger partial charge < -0.3 is 10.1 Å². The largest absolute Gasteiger partial charge is 0.492 e. The molecule has 0 aliphatic heterocycles. The molecule has 0 atom stereocenters. The summed E-state index contributed by atoms with van der Waals surface area (Å²) in [6, 6.07) is 7.06. The molecule has 0 aromatic heterocycles. The van der Waals surface area contributed by atoms with E-state index in [4.69, 9.17) is 4.74 Å². The van der Waals surface area contributed by atoms with Gasteiger partial charge in [-0.05, 0) is 59.3 Å². The molecular weight excluding hydrogens is 290 g/mol. The van der Waals surface area contributed by atoms with Crippen LogP contribution in [0.2, 0.25) is 0 Å². The normalized spacial score (nSPS) is 14.5. The number of benzene rings is 1. The fraction of sp³-hybridized carbons (Fsp3) is 0.467. The molecular formula is C15H20BrNO. The van der Waals surface area contributed by atoms with Crippen molar-refractivity contribution in [2.24, 2.45) is 0 Å². The van der Waals surface area contributed by atoms with E-state index >= 15 is 0 Å². The SMILES string of the molecule is C=CCCCOc1ccc(CNC2CC2)cc1Br. The quantitative estimate of drug-likeness (QED) is 0.578. The van der Waals surface area contributed by atoms with Crippen molar-refractivity contribution < 1.29 is 4.74 Å². The molecule has 1 aromatic rings. The molecule has 0 saturated heterocycles. The number of ether oxygens (including phenoxy) is 1. The lowest BCUT2D eigenvalue weighted by Gasteiger charge is -2.10. The fourth-order valence-electron chi connectivity index (χ4n) is 1.73. The van der Waals surface area contributed by atoms with E-state index < -0.39 is 0 Å². The number of allylic oxidation sites excluding steroid dienone is 1. The first-order chi connectivity index (χ1) is 8.79. The Bertz CT molecular complexity index is 401. The summed E-state index contributed by atoms with van der Waals surface area (Å²) in [4.78, 5) is 0. The standard InChI is InChI=1S/C15H20BrNO/c1-2-3-4-9-18-15-8-5-12(10-14(15)16)11-17-13-6-7-13/h2,5,8,10,13,17H,1,3-4,6-7,9,11H2. The Morgan fingerprint density at radius 3 is 2.94 bits per heavy atom. The monoisotopic (exact) mass is 309 g/mol. The van der Waals surface area contributed by atoms with Crippen LogP contribution in [0.5, 0.6) is 5.75 Å². The number of unbranched alkanes of at least 4 members (excludes halogenated alkanes) is 1. The minimum atomic E-state index is 0.740. The van der Waals surface area contributed by atoms with E-state index in [-0.39, 0.29) is 0 Å². The first-order valence-corrected chi connectivity index (χ1v) is 7.34. The first kappa shape index (κ1) is 13.6. The van der Waals surface area contributed by atoms with Crippen molar-refractivity contribution >= 4 is 15.9 Å².